The number of hydrogen-bond acceptors (Lipinski definition) is 3. The second kappa shape index (κ2) is 5.72. The van der Waals surface area contributed by atoms with Gasteiger partial charge in [0.25, 0.3) is 5.91 Å². The van der Waals surface area contributed by atoms with E-state index in [1.807, 2.05) is 18.7 Å². The fraction of sp³-hybridized carbons (Fsp3) is 0.429. The molecule has 4 nitrogen and oxygen atoms in total. The van der Waals surface area contributed by atoms with E-state index in [2.05, 4.69) is 0 Å². The molecule has 0 unspecified atom stereocenters. The number of anilines is 1. The van der Waals surface area contributed by atoms with E-state index in [0.717, 1.165) is 13.1 Å². The number of nitrogens with zero attached hydrogens (tertiary/aromatic N) is 2. The number of rotatable bonds is 4. The molecule has 0 bridgehead atoms. The maximum Gasteiger partial charge on any atom is 0.251 e. The molecule has 1 fully saturated rings. The lowest BCUT2D eigenvalue weighted by atomic mass is 10.2. The summed E-state index contributed by atoms with van der Waals surface area (Å²) in [5, 5.41) is 0.518. The number of carbonyl (C=O) groups is 2. The molecule has 2 rings (SSSR count). The lowest BCUT2D eigenvalue weighted by Gasteiger charge is -2.24. The van der Waals surface area contributed by atoms with Crippen LogP contribution >= 0.6 is 11.6 Å². The Morgan fingerprint density at radius 1 is 1.32 bits per heavy atom. The molecule has 102 valence electrons. The zero-order valence-corrected chi connectivity index (χ0v) is 11.9. The first-order valence-corrected chi connectivity index (χ1v) is 6.82. The number of likely N-dealkylation sites (N-methyl/N-ethyl adjacent to an activating group) is 1. The van der Waals surface area contributed by atoms with Crippen LogP contribution in [0.2, 0.25) is 5.02 Å². The van der Waals surface area contributed by atoms with Crippen molar-refractivity contribution in [2.45, 2.75) is 26.3 Å². The van der Waals surface area contributed by atoms with Crippen molar-refractivity contribution in [1.29, 1.82) is 0 Å². The summed E-state index contributed by atoms with van der Waals surface area (Å²) >= 11 is 5.91. The summed E-state index contributed by atoms with van der Waals surface area (Å²) in [5.41, 5.74) is 0.553. The molecule has 1 heterocycles. The summed E-state index contributed by atoms with van der Waals surface area (Å²) in [6.45, 7) is 5.49. The predicted octanol–water partition coefficient (Wildman–Crippen LogP) is 2.31. The van der Waals surface area contributed by atoms with Gasteiger partial charge in [0.15, 0.2) is 0 Å². The number of halogens is 1. The Morgan fingerprint density at radius 3 is 2.58 bits per heavy atom. The van der Waals surface area contributed by atoms with Crippen LogP contribution in [0.25, 0.3) is 0 Å². The normalized spacial score (nSPS) is 19.6. The van der Waals surface area contributed by atoms with Crippen molar-refractivity contribution >= 4 is 29.1 Å². The van der Waals surface area contributed by atoms with Gasteiger partial charge >= 0.3 is 0 Å². The molecule has 1 saturated heterocycles. The van der Waals surface area contributed by atoms with Gasteiger partial charge in [0.1, 0.15) is 0 Å². The second-order valence-corrected chi connectivity index (χ2v) is 4.92. The van der Waals surface area contributed by atoms with Crippen molar-refractivity contribution < 1.29 is 9.59 Å². The number of benzene rings is 1. The van der Waals surface area contributed by atoms with Gasteiger partial charge in [-0.2, -0.15) is 0 Å². The molecule has 5 heteroatoms. The minimum atomic E-state index is -0.346. The molecule has 0 N–H and O–H groups in total. The van der Waals surface area contributed by atoms with Crippen LogP contribution in [0.1, 0.15) is 20.3 Å². The molecular weight excluding hydrogens is 264 g/mol. The third-order valence-corrected chi connectivity index (χ3v) is 3.68. The van der Waals surface area contributed by atoms with Gasteiger partial charge in [0.2, 0.25) is 5.91 Å². The van der Waals surface area contributed by atoms with Crippen molar-refractivity contribution in [2.75, 3.05) is 18.0 Å². The molecule has 1 aliphatic rings. The Morgan fingerprint density at radius 2 is 2.00 bits per heavy atom. The Hall–Kier alpha value is -1.39. The van der Waals surface area contributed by atoms with Crippen LogP contribution in [0.4, 0.5) is 5.69 Å². The highest BCUT2D eigenvalue weighted by Gasteiger charge is 2.41. The summed E-state index contributed by atoms with van der Waals surface area (Å²) in [5.74, 6) is -0.319. The van der Waals surface area contributed by atoms with Gasteiger partial charge in [-0.25, -0.2) is 4.90 Å². The Labute approximate surface area is 117 Å². The molecule has 19 heavy (non-hydrogen) atoms. The molecule has 0 saturated carbocycles. The van der Waals surface area contributed by atoms with Crippen LogP contribution < -0.4 is 4.90 Å². The summed E-state index contributed by atoms with van der Waals surface area (Å²) in [7, 11) is 0. The minimum absolute atomic E-state index is 0.157. The summed E-state index contributed by atoms with van der Waals surface area (Å²) < 4.78 is 0. The fourth-order valence-electron chi connectivity index (χ4n) is 2.45. The minimum Gasteiger partial charge on any atom is -0.292 e. The van der Waals surface area contributed by atoms with Crippen LogP contribution in [-0.4, -0.2) is 35.8 Å². The standard InChI is InChI=1S/C14H17ClN2O2/c1-3-16(4-2)12-9-13(18)17(14(12)19)11-7-5-6-10(15)8-11/h5-8,12H,3-4,9H2,1-2H3/t12-/m0/s1. The average Bonchev–Trinajstić information content (AvgIpc) is 2.67. The van der Waals surface area contributed by atoms with Crippen molar-refractivity contribution in [1.82, 2.24) is 4.90 Å². The van der Waals surface area contributed by atoms with Gasteiger partial charge in [-0.1, -0.05) is 31.5 Å². The molecule has 0 spiro atoms. The average molecular weight is 281 g/mol. The molecule has 1 atom stereocenters. The van der Waals surface area contributed by atoms with Gasteiger partial charge in [0.05, 0.1) is 18.2 Å². The monoisotopic (exact) mass is 280 g/mol. The first-order valence-electron chi connectivity index (χ1n) is 6.44. The van der Waals surface area contributed by atoms with Gasteiger partial charge in [-0.15, -0.1) is 0 Å². The van der Waals surface area contributed by atoms with E-state index in [1.54, 1.807) is 24.3 Å². The summed E-state index contributed by atoms with van der Waals surface area (Å²) in [6, 6.07) is 6.48. The third-order valence-electron chi connectivity index (χ3n) is 3.44. The van der Waals surface area contributed by atoms with Crippen LogP contribution in [0.5, 0.6) is 0 Å². The van der Waals surface area contributed by atoms with Crippen LogP contribution in [0, 0.1) is 0 Å². The largest absolute Gasteiger partial charge is 0.292 e. The Kier molecular flexibility index (Phi) is 4.22. The predicted molar refractivity (Wildman–Crippen MR) is 75.3 cm³/mol. The van der Waals surface area contributed by atoms with Gasteiger partial charge in [-0.05, 0) is 31.3 Å². The van der Waals surface area contributed by atoms with E-state index < -0.39 is 0 Å². The van der Waals surface area contributed by atoms with Gasteiger partial charge < -0.3 is 0 Å². The fourth-order valence-corrected chi connectivity index (χ4v) is 2.64. The van der Waals surface area contributed by atoms with Crippen LogP contribution in [0.15, 0.2) is 24.3 Å². The third kappa shape index (κ3) is 2.65. The van der Waals surface area contributed by atoms with E-state index in [0.29, 0.717) is 10.7 Å². The smallest absolute Gasteiger partial charge is 0.251 e. The van der Waals surface area contributed by atoms with Crippen molar-refractivity contribution in [3.05, 3.63) is 29.3 Å². The quantitative estimate of drug-likeness (QED) is 0.795. The van der Waals surface area contributed by atoms with E-state index in [1.165, 1.54) is 4.90 Å². The number of carbonyl (C=O) groups excluding carboxylic acids is 2. The van der Waals surface area contributed by atoms with Gasteiger partial charge in [0, 0.05) is 5.02 Å². The van der Waals surface area contributed by atoms with E-state index in [-0.39, 0.29) is 24.3 Å². The number of amides is 2. The zero-order valence-electron chi connectivity index (χ0n) is 11.1. The summed E-state index contributed by atoms with van der Waals surface area (Å²) in [4.78, 5) is 27.7. The first kappa shape index (κ1) is 14.0. The number of hydrogen-bond donors (Lipinski definition) is 0. The Balaban J connectivity index is 2.28. The molecule has 1 aromatic rings. The van der Waals surface area contributed by atoms with Gasteiger partial charge in [-0.3, -0.25) is 14.5 Å². The maximum absolute atomic E-state index is 12.4. The molecule has 2 amide bonds. The lowest BCUT2D eigenvalue weighted by Crippen LogP contribution is -2.42. The first-order chi connectivity index (χ1) is 9.08. The molecular formula is C14H17ClN2O2. The molecule has 0 radical (unpaired) electrons. The van der Waals surface area contributed by atoms with Crippen molar-refractivity contribution in [2.24, 2.45) is 0 Å². The SMILES string of the molecule is CCN(CC)[C@H]1CC(=O)N(c2cccc(Cl)c2)C1=O. The highest BCUT2D eigenvalue weighted by molar-refractivity contribution is 6.31. The van der Waals surface area contributed by atoms with Crippen LogP contribution in [0.3, 0.4) is 0 Å². The molecule has 1 aromatic carbocycles. The summed E-state index contributed by atoms with van der Waals surface area (Å²) in [6.07, 6.45) is 0.243. The van der Waals surface area contributed by atoms with Crippen molar-refractivity contribution in [3.63, 3.8) is 0 Å². The van der Waals surface area contributed by atoms with E-state index in [4.69, 9.17) is 11.6 Å². The van der Waals surface area contributed by atoms with E-state index >= 15 is 0 Å². The zero-order chi connectivity index (χ0) is 14.0. The maximum atomic E-state index is 12.4. The van der Waals surface area contributed by atoms with Crippen LogP contribution in [-0.2, 0) is 9.59 Å². The highest BCUT2D eigenvalue weighted by Crippen LogP contribution is 2.27. The van der Waals surface area contributed by atoms with E-state index in [9.17, 15) is 9.59 Å². The number of imide groups is 1. The lowest BCUT2D eigenvalue weighted by molar-refractivity contribution is -0.122. The molecule has 0 aromatic heterocycles. The van der Waals surface area contributed by atoms with Crippen molar-refractivity contribution in [3.8, 4) is 0 Å². The topological polar surface area (TPSA) is 40.6 Å². The molecule has 1 aliphatic heterocycles. The molecule has 0 aliphatic carbocycles. The Bertz CT molecular complexity index is 500. The highest BCUT2D eigenvalue weighted by atomic mass is 35.5. The second-order valence-electron chi connectivity index (χ2n) is 4.49.